The number of carbonyl (C=O) groups is 1. The molecule has 5 heteroatoms. The number of primary amides is 1. The molecule has 0 saturated heterocycles. The minimum Gasteiger partial charge on any atom is -0.381 e. The number of rotatable bonds is 4. The standard InChI is InChI=1S/C14H12ClIN2O/c15-13-7-9(14(17)19)1-2-10(13)8-18-12-5-3-11(16)4-6-12/h1-7,18H,8H2,(H2,17,19). The highest BCUT2D eigenvalue weighted by molar-refractivity contribution is 14.1. The molecule has 1 amide bonds. The van der Waals surface area contributed by atoms with Crippen LogP contribution in [0.4, 0.5) is 5.69 Å². The number of halogens is 2. The van der Waals surface area contributed by atoms with Gasteiger partial charge in [-0.25, -0.2) is 0 Å². The molecule has 0 aromatic heterocycles. The molecule has 0 saturated carbocycles. The van der Waals surface area contributed by atoms with E-state index in [0.29, 0.717) is 17.1 Å². The molecule has 0 aliphatic carbocycles. The van der Waals surface area contributed by atoms with Gasteiger partial charge in [0, 0.05) is 26.4 Å². The van der Waals surface area contributed by atoms with Crippen LogP contribution in [0.5, 0.6) is 0 Å². The van der Waals surface area contributed by atoms with Gasteiger partial charge in [0.1, 0.15) is 0 Å². The monoisotopic (exact) mass is 386 g/mol. The number of nitrogens with one attached hydrogen (secondary N) is 1. The molecular formula is C14H12ClIN2O. The van der Waals surface area contributed by atoms with E-state index in [2.05, 4.69) is 27.9 Å². The number of hydrogen-bond acceptors (Lipinski definition) is 2. The summed E-state index contributed by atoms with van der Waals surface area (Å²) in [6, 6.07) is 13.2. The van der Waals surface area contributed by atoms with Crippen molar-refractivity contribution in [2.45, 2.75) is 6.54 Å². The van der Waals surface area contributed by atoms with Crippen LogP contribution in [0.3, 0.4) is 0 Å². The van der Waals surface area contributed by atoms with Gasteiger partial charge in [0.15, 0.2) is 0 Å². The number of amides is 1. The van der Waals surface area contributed by atoms with Crippen LogP contribution in [-0.4, -0.2) is 5.91 Å². The Kier molecular flexibility index (Phi) is 4.66. The molecule has 0 heterocycles. The summed E-state index contributed by atoms with van der Waals surface area (Å²) in [6.45, 7) is 0.596. The zero-order valence-corrected chi connectivity index (χ0v) is 12.9. The minimum absolute atomic E-state index is 0.419. The Morgan fingerprint density at radius 2 is 1.89 bits per heavy atom. The molecule has 0 fully saturated rings. The first-order valence-corrected chi connectivity index (χ1v) is 7.09. The highest BCUT2D eigenvalue weighted by Crippen LogP contribution is 2.19. The normalized spacial score (nSPS) is 10.2. The summed E-state index contributed by atoms with van der Waals surface area (Å²) in [6.07, 6.45) is 0. The molecule has 0 radical (unpaired) electrons. The van der Waals surface area contributed by atoms with Crippen molar-refractivity contribution < 1.29 is 4.79 Å². The van der Waals surface area contributed by atoms with Crippen LogP contribution in [0.1, 0.15) is 15.9 Å². The lowest BCUT2D eigenvalue weighted by Crippen LogP contribution is -2.11. The highest BCUT2D eigenvalue weighted by atomic mass is 127. The summed E-state index contributed by atoms with van der Waals surface area (Å²) < 4.78 is 1.19. The molecule has 0 spiro atoms. The van der Waals surface area contributed by atoms with Crippen molar-refractivity contribution in [3.05, 3.63) is 62.2 Å². The van der Waals surface area contributed by atoms with Crippen LogP contribution in [0, 0.1) is 3.57 Å². The van der Waals surface area contributed by atoms with Gasteiger partial charge in [-0.05, 0) is 64.6 Å². The first-order valence-electron chi connectivity index (χ1n) is 5.64. The quantitative estimate of drug-likeness (QED) is 0.788. The summed E-state index contributed by atoms with van der Waals surface area (Å²) in [7, 11) is 0. The maximum absolute atomic E-state index is 11.0. The molecule has 2 aromatic carbocycles. The van der Waals surface area contributed by atoms with E-state index in [-0.39, 0.29) is 0 Å². The summed E-state index contributed by atoms with van der Waals surface area (Å²) in [5, 5.41) is 3.81. The zero-order valence-electron chi connectivity index (χ0n) is 9.99. The second-order valence-corrected chi connectivity index (χ2v) is 5.68. The van der Waals surface area contributed by atoms with E-state index in [1.165, 1.54) is 3.57 Å². The third-order valence-electron chi connectivity index (χ3n) is 2.66. The Morgan fingerprint density at radius 3 is 2.47 bits per heavy atom. The van der Waals surface area contributed by atoms with E-state index >= 15 is 0 Å². The van der Waals surface area contributed by atoms with Gasteiger partial charge in [-0.2, -0.15) is 0 Å². The highest BCUT2D eigenvalue weighted by Gasteiger charge is 2.05. The number of anilines is 1. The summed E-state index contributed by atoms with van der Waals surface area (Å²) in [5.74, 6) is -0.473. The van der Waals surface area contributed by atoms with E-state index in [9.17, 15) is 4.79 Å². The fourth-order valence-electron chi connectivity index (χ4n) is 1.61. The molecule has 0 bridgehead atoms. The van der Waals surface area contributed by atoms with Crippen molar-refractivity contribution in [1.29, 1.82) is 0 Å². The predicted molar refractivity (Wildman–Crippen MR) is 86.5 cm³/mol. The van der Waals surface area contributed by atoms with Gasteiger partial charge in [-0.1, -0.05) is 17.7 Å². The molecule has 98 valence electrons. The van der Waals surface area contributed by atoms with E-state index in [0.717, 1.165) is 11.3 Å². The summed E-state index contributed by atoms with van der Waals surface area (Å²) in [4.78, 5) is 11.0. The van der Waals surface area contributed by atoms with Crippen LogP contribution in [0.2, 0.25) is 5.02 Å². The Bertz CT molecular complexity index is 599. The Hall–Kier alpha value is -1.27. The fourth-order valence-corrected chi connectivity index (χ4v) is 2.22. The third-order valence-corrected chi connectivity index (χ3v) is 3.74. The van der Waals surface area contributed by atoms with E-state index < -0.39 is 5.91 Å². The van der Waals surface area contributed by atoms with Gasteiger partial charge in [-0.3, -0.25) is 4.79 Å². The van der Waals surface area contributed by atoms with Crippen molar-refractivity contribution in [3.8, 4) is 0 Å². The Labute approximate surface area is 130 Å². The smallest absolute Gasteiger partial charge is 0.248 e. The van der Waals surface area contributed by atoms with Gasteiger partial charge in [0.2, 0.25) is 5.91 Å². The third kappa shape index (κ3) is 3.84. The molecule has 0 aliphatic heterocycles. The van der Waals surface area contributed by atoms with E-state index in [1.807, 2.05) is 30.3 Å². The van der Waals surface area contributed by atoms with Gasteiger partial charge in [0.25, 0.3) is 0 Å². The number of benzene rings is 2. The molecule has 3 nitrogen and oxygen atoms in total. The van der Waals surface area contributed by atoms with Crippen LogP contribution < -0.4 is 11.1 Å². The first-order chi connectivity index (χ1) is 9.06. The van der Waals surface area contributed by atoms with Crippen molar-refractivity contribution in [1.82, 2.24) is 0 Å². The number of nitrogens with two attached hydrogens (primary N) is 1. The largest absolute Gasteiger partial charge is 0.381 e. The second-order valence-electron chi connectivity index (χ2n) is 4.03. The topological polar surface area (TPSA) is 55.1 Å². The molecule has 0 aliphatic rings. The van der Waals surface area contributed by atoms with E-state index in [4.69, 9.17) is 17.3 Å². The number of hydrogen-bond donors (Lipinski definition) is 2. The lowest BCUT2D eigenvalue weighted by atomic mass is 10.1. The number of carbonyl (C=O) groups excluding carboxylic acids is 1. The Balaban J connectivity index is 2.07. The summed E-state index contributed by atoms with van der Waals surface area (Å²) in [5.41, 5.74) is 7.56. The van der Waals surface area contributed by atoms with Crippen molar-refractivity contribution >= 4 is 45.8 Å². The maximum atomic E-state index is 11.0. The van der Waals surface area contributed by atoms with E-state index in [1.54, 1.807) is 12.1 Å². The fraction of sp³-hybridized carbons (Fsp3) is 0.0714. The summed E-state index contributed by atoms with van der Waals surface area (Å²) >= 11 is 8.37. The zero-order chi connectivity index (χ0) is 13.8. The molecular weight excluding hydrogens is 375 g/mol. The Morgan fingerprint density at radius 1 is 1.21 bits per heavy atom. The van der Waals surface area contributed by atoms with Gasteiger partial charge in [-0.15, -0.1) is 0 Å². The van der Waals surface area contributed by atoms with Crippen LogP contribution in [-0.2, 0) is 6.54 Å². The molecule has 2 rings (SSSR count). The van der Waals surface area contributed by atoms with Crippen molar-refractivity contribution in [2.24, 2.45) is 5.73 Å². The average molecular weight is 387 g/mol. The lowest BCUT2D eigenvalue weighted by molar-refractivity contribution is 0.100. The SMILES string of the molecule is NC(=O)c1ccc(CNc2ccc(I)cc2)c(Cl)c1. The van der Waals surface area contributed by atoms with Gasteiger partial charge >= 0.3 is 0 Å². The molecule has 3 N–H and O–H groups in total. The van der Waals surface area contributed by atoms with Crippen LogP contribution in [0.15, 0.2) is 42.5 Å². The molecule has 0 atom stereocenters. The van der Waals surface area contributed by atoms with Gasteiger partial charge in [0.05, 0.1) is 0 Å². The second kappa shape index (κ2) is 6.25. The minimum atomic E-state index is -0.473. The van der Waals surface area contributed by atoms with Crippen LogP contribution in [0.25, 0.3) is 0 Å². The lowest BCUT2D eigenvalue weighted by Gasteiger charge is -2.09. The van der Waals surface area contributed by atoms with Crippen molar-refractivity contribution in [2.75, 3.05) is 5.32 Å². The molecule has 0 unspecified atom stereocenters. The average Bonchev–Trinajstić information content (AvgIpc) is 2.39. The molecule has 2 aromatic rings. The predicted octanol–water partition coefficient (Wildman–Crippen LogP) is 3.66. The van der Waals surface area contributed by atoms with Gasteiger partial charge < -0.3 is 11.1 Å². The van der Waals surface area contributed by atoms with Crippen molar-refractivity contribution in [3.63, 3.8) is 0 Å². The molecule has 19 heavy (non-hydrogen) atoms. The maximum Gasteiger partial charge on any atom is 0.248 e. The first kappa shape index (κ1) is 14.1. The van der Waals surface area contributed by atoms with Crippen LogP contribution >= 0.6 is 34.2 Å².